The minimum Gasteiger partial charge on any atom is -0.390 e. The monoisotopic (exact) mass is 731 g/mol. The van der Waals surface area contributed by atoms with Gasteiger partial charge in [-0.05, 0) is 75.9 Å². The van der Waals surface area contributed by atoms with E-state index in [4.69, 9.17) is 0 Å². The molecule has 5 aromatic carbocycles. The number of thioether (sulfide) groups is 1. The van der Waals surface area contributed by atoms with Crippen LogP contribution in [0.4, 0.5) is 0 Å². The topological polar surface area (TPSA) is 108 Å². The van der Waals surface area contributed by atoms with Crippen LogP contribution >= 0.6 is 11.8 Å². The second-order valence-electron chi connectivity index (χ2n) is 14.5. The van der Waals surface area contributed by atoms with Gasteiger partial charge in [-0.15, -0.1) is 0 Å². The Balaban J connectivity index is 1.42. The molecule has 0 aliphatic heterocycles. The van der Waals surface area contributed by atoms with Crippen LogP contribution in [-0.2, 0) is 27.2 Å². The lowest BCUT2D eigenvalue weighted by molar-refractivity contribution is -0.130. The predicted octanol–water partition coefficient (Wildman–Crippen LogP) is 8.07. The third-order valence-corrected chi connectivity index (χ3v) is 10.9. The van der Waals surface area contributed by atoms with Crippen LogP contribution in [0.15, 0.2) is 120 Å². The summed E-state index contributed by atoms with van der Waals surface area (Å²) in [7, 11) is 0. The third-order valence-electron chi connectivity index (χ3n) is 9.83. The van der Waals surface area contributed by atoms with E-state index in [-0.39, 0.29) is 24.2 Å². The van der Waals surface area contributed by atoms with Crippen molar-refractivity contribution in [2.24, 2.45) is 17.8 Å². The van der Waals surface area contributed by atoms with Crippen molar-refractivity contribution in [1.82, 2.24) is 16.0 Å². The Bertz CT molecular complexity index is 1870. The standard InChI is InChI=1S/C45H53N3O4S/c1-5-31(4)29-46-42(50)28-41(49)40(25-30(2)3)47-44(52)45(53-37-21-7-6-8-22-37)48-43(51)36(26-34-19-13-17-32-15-9-11-23-38(32)34)27-35-20-14-18-33-16-10-12-24-39(33)35/h6-24,30-31,36,40-41,45,49H,5,25-29H2,1-4H3,(H,46,50)(H,47,52)(H,48,51)/t31-,40-,41+,45?/m0/s1. The molecule has 0 saturated carbocycles. The zero-order chi connectivity index (χ0) is 37.7. The molecule has 3 amide bonds. The number of hydrogen-bond acceptors (Lipinski definition) is 5. The van der Waals surface area contributed by atoms with Crippen molar-refractivity contribution in [2.75, 3.05) is 6.54 Å². The number of nitrogens with one attached hydrogen (secondary N) is 3. The van der Waals surface area contributed by atoms with Gasteiger partial charge in [-0.2, -0.15) is 0 Å². The van der Waals surface area contributed by atoms with Gasteiger partial charge in [0.2, 0.25) is 11.8 Å². The van der Waals surface area contributed by atoms with Crippen LogP contribution in [0.3, 0.4) is 0 Å². The van der Waals surface area contributed by atoms with E-state index < -0.39 is 29.3 Å². The van der Waals surface area contributed by atoms with Gasteiger partial charge in [-0.25, -0.2) is 0 Å². The quantitative estimate of drug-likeness (QED) is 0.0539. The second kappa shape index (κ2) is 19.4. The molecule has 4 N–H and O–H groups in total. The Hall–Kier alpha value is -4.66. The van der Waals surface area contributed by atoms with E-state index in [1.807, 2.05) is 80.6 Å². The number of carbonyl (C=O) groups excluding carboxylic acids is 3. The van der Waals surface area contributed by atoms with Crippen molar-refractivity contribution in [3.63, 3.8) is 0 Å². The molecular formula is C45H53N3O4S. The molecule has 8 heteroatoms. The second-order valence-corrected chi connectivity index (χ2v) is 15.7. The Morgan fingerprint density at radius 3 is 1.79 bits per heavy atom. The van der Waals surface area contributed by atoms with E-state index in [1.54, 1.807) is 0 Å². The lowest BCUT2D eigenvalue weighted by atomic mass is 9.88. The SMILES string of the molecule is CC[C@H](C)CNC(=O)C[C@@H](O)[C@H](CC(C)C)NC(=O)C(NC(=O)C(Cc1cccc2ccccc12)Cc1cccc2ccccc12)Sc1ccccc1. The Morgan fingerprint density at radius 2 is 1.23 bits per heavy atom. The van der Waals surface area contributed by atoms with Gasteiger partial charge in [0.25, 0.3) is 5.91 Å². The summed E-state index contributed by atoms with van der Waals surface area (Å²) < 4.78 is 0. The summed E-state index contributed by atoms with van der Waals surface area (Å²) in [5, 5.41) is 23.8. The van der Waals surface area contributed by atoms with Gasteiger partial charge in [-0.3, -0.25) is 14.4 Å². The summed E-state index contributed by atoms with van der Waals surface area (Å²) in [5.74, 6) is -0.949. The van der Waals surface area contributed by atoms with Gasteiger partial charge in [-0.1, -0.05) is 149 Å². The van der Waals surface area contributed by atoms with E-state index >= 15 is 0 Å². The molecule has 0 saturated heterocycles. The van der Waals surface area contributed by atoms with Crippen LogP contribution in [0, 0.1) is 17.8 Å². The molecule has 7 nitrogen and oxygen atoms in total. The maximum atomic E-state index is 14.6. The molecule has 0 heterocycles. The summed E-state index contributed by atoms with van der Waals surface area (Å²) >= 11 is 1.26. The lowest BCUT2D eigenvalue weighted by Gasteiger charge is -2.29. The lowest BCUT2D eigenvalue weighted by Crippen LogP contribution is -2.53. The molecular weight excluding hydrogens is 679 g/mol. The molecule has 0 bridgehead atoms. The van der Waals surface area contributed by atoms with E-state index in [9.17, 15) is 19.5 Å². The molecule has 278 valence electrons. The van der Waals surface area contributed by atoms with Crippen LogP contribution in [-0.4, -0.2) is 46.9 Å². The van der Waals surface area contributed by atoms with Gasteiger partial charge in [0.05, 0.1) is 18.6 Å². The van der Waals surface area contributed by atoms with Crippen molar-refractivity contribution in [2.45, 2.75) is 82.2 Å². The van der Waals surface area contributed by atoms with Crippen molar-refractivity contribution in [3.05, 3.63) is 126 Å². The van der Waals surface area contributed by atoms with Crippen molar-refractivity contribution in [1.29, 1.82) is 0 Å². The number of benzene rings is 5. The summed E-state index contributed by atoms with van der Waals surface area (Å²) in [6, 6.07) is 37.6. The first-order valence-corrected chi connectivity index (χ1v) is 19.7. The molecule has 0 fully saturated rings. The van der Waals surface area contributed by atoms with Gasteiger partial charge >= 0.3 is 0 Å². The zero-order valence-electron chi connectivity index (χ0n) is 31.3. The molecule has 53 heavy (non-hydrogen) atoms. The van der Waals surface area contributed by atoms with Crippen LogP contribution in [0.5, 0.6) is 0 Å². The fourth-order valence-corrected chi connectivity index (χ4v) is 7.61. The number of rotatable bonds is 18. The van der Waals surface area contributed by atoms with Gasteiger partial charge in [0, 0.05) is 17.4 Å². The predicted molar refractivity (Wildman–Crippen MR) is 217 cm³/mol. The molecule has 0 aliphatic carbocycles. The summed E-state index contributed by atoms with van der Waals surface area (Å²) in [5.41, 5.74) is 2.12. The highest BCUT2D eigenvalue weighted by molar-refractivity contribution is 8.00. The van der Waals surface area contributed by atoms with Gasteiger partial charge < -0.3 is 21.1 Å². The number of aliphatic hydroxyl groups excluding tert-OH is 1. The van der Waals surface area contributed by atoms with E-state index in [1.165, 1.54) is 11.8 Å². The van der Waals surface area contributed by atoms with Gasteiger partial charge in [0.1, 0.15) is 0 Å². The third kappa shape index (κ3) is 11.4. The minimum atomic E-state index is -1.10. The highest BCUT2D eigenvalue weighted by Crippen LogP contribution is 2.28. The maximum absolute atomic E-state index is 14.6. The normalized spacial score (nSPS) is 13.8. The maximum Gasteiger partial charge on any atom is 0.253 e. The van der Waals surface area contributed by atoms with Crippen LogP contribution in [0.25, 0.3) is 21.5 Å². The average molecular weight is 732 g/mol. The molecule has 4 atom stereocenters. The number of aliphatic hydroxyl groups is 1. The summed E-state index contributed by atoms with van der Waals surface area (Å²) in [6.07, 6.45) is 1.12. The van der Waals surface area contributed by atoms with E-state index in [0.29, 0.717) is 31.7 Å². The highest BCUT2D eigenvalue weighted by atomic mass is 32.2. The Kier molecular flexibility index (Phi) is 14.5. The first-order valence-electron chi connectivity index (χ1n) is 18.8. The number of carbonyl (C=O) groups is 3. The number of fused-ring (bicyclic) bond motifs is 2. The van der Waals surface area contributed by atoms with Crippen molar-refractivity contribution in [3.8, 4) is 0 Å². The van der Waals surface area contributed by atoms with Gasteiger partial charge in [0.15, 0.2) is 5.37 Å². The molecule has 0 aliphatic rings. The first kappa shape index (κ1) is 39.5. The van der Waals surface area contributed by atoms with Crippen LogP contribution in [0.1, 0.15) is 58.1 Å². The fraction of sp³-hybridized carbons (Fsp3) is 0.356. The highest BCUT2D eigenvalue weighted by Gasteiger charge is 2.31. The summed E-state index contributed by atoms with van der Waals surface area (Å²) in [6.45, 7) is 8.68. The Morgan fingerprint density at radius 1 is 0.679 bits per heavy atom. The van der Waals surface area contributed by atoms with E-state index in [2.05, 4.69) is 78.3 Å². The first-order chi connectivity index (χ1) is 25.6. The minimum absolute atomic E-state index is 0.130. The van der Waals surface area contributed by atoms with Crippen molar-refractivity contribution >= 4 is 51.0 Å². The zero-order valence-corrected chi connectivity index (χ0v) is 32.1. The molecule has 5 aromatic rings. The fourth-order valence-electron chi connectivity index (χ4n) is 6.68. The van der Waals surface area contributed by atoms with Crippen LogP contribution < -0.4 is 16.0 Å². The number of hydrogen-bond donors (Lipinski definition) is 4. The Labute approximate surface area is 318 Å². The molecule has 1 unspecified atom stereocenters. The molecule has 5 rings (SSSR count). The largest absolute Gasteiger partial charge is 0.390 e. The smallest absolute Gasteiger partial charge is 0.253 e. The molecule has 0 aromatic heterocycles. The van der Waals surface area contributed by atoms with Crippen LogP contribution in [0.2, 0.25) is 0 Å². The molecule has 0 spiro atoms. The average Bonchev–Trinajstić information content (AvgIpc) is 3.16. The summed E-state index contributed by atoms with van der Waals surface area (Å²) in [4.78, 5) is 42.4. The van der Waals surface area contributed by atoms with E-state index in [0.717, 1.165) is 44.0 Å². The number of amides is 3. The van der Waals surface area contributed by atoms with Crippen molar-refractivity contribution < 1.29 is 19.5 Å². The molecule has 0 radical (unpaired) electrons.